The minimum Gasteiger partial charge on any atom is -0.299 e. The van der Waals surface area contributed by atoms with E-state index in [4.69, 9.17) is 0 Å². The number of carbonyl (C=O) groups excluding carboxylic acids is 2. The second-order valence-corrected chi connectivity index (χ2v) is 9.13. The van der Waals surface area contributed by atoms with Gasteiger partial charge in [-0.3, -0.25) is 9.59 Å². The van der Waals surface area contributed by atoms with E-state index in [1.807, 2.05) is 6.08 Å². The third-order valence-corrected chi connectivity index (χ3v) is 8.06. The maximum atomic E-state index is 12.5. The van der Waals surface area contributed by atoms with Crippen molar-refractivity contribution < 1.29 is 9.59 Å². The minimum absolute atomic E-state index is 0.0314. The molecule has 3 saturated carbocycles. The van der Waals surface area contributed by atoms with Crippen LogP contribution in [0.3, 0.4) is 0 Å². The van der Waals surface area contributed by atoms with Crippen LogP contribution in [-0.4, -0.2) is 11.6 Å². The molecule has 3 fully saturated rings. The fourth-order valence-corrected chi connectivity index (χ4v) is 6.81. The first-order chi connectivity index (χ1) is 11.4. The van der Waals surface area contributed by atoms with Crippen LogP contribution in [0.5, 0.6) is 0 Å². The Morgan fingerprint density at radius 1 is 1.17 bits per heavy atom. The van der Waals surface area contributed by atoms with Crippen molar-refractivity contribution in [3.05, 3.63) is 23.8 Å². The zero-order valence-electron chi connectivity index (χ0n) is 15.3. The first-order valence-corrected chi connectivity index (χ1v) is 9.88. The van der Waals surface area contributed by atoms with Crippen LogP contribution in [0.25, 0.3) is 0 Å². The lowest BCUT2D eigenvalue weighted by molar-refractivity contribution is -0.132. The standard InChI is InChI=1S/C22H30O2/c1-4-5-14-12-16-17-6-7-20(24)22(17,3)11-9-18(16)21(2)10-8-15(23)13-19(14)21/h8,10,13-14,16-18H,4-7,9,11-12H2,1-3H3/t14-,16?,17?,18?,21?,22?/m1/s1. The Morgan fingerprint density at radius 2 is 1.96 bits per heavy atom. The van der Waals surface area contributed by atoms with E-state index in [9.17, 15) is 9.59 Å². The van der Waals surface area contributed by atoms with E-state index in [0.717, 1.165) is 32.1 Å². The third kappa shape index (κ3) is 2.07. The van der Waals surface area contributed by atoms with Crippen molar-refractivity contribution in [3.63, 3.8) is 0 Å². The topological polar surface area (TPSA) is 34.1 Å². The Hall–Kier alpha value is -1.18. The number of hydrogen-bond donors (Lipinski definition) is 0. The Morgan fingerprint density at radius 3 is 2.71 bits per heavy atom. The predicted octanol–water partition coefficient (Wildman–Crippen LogP) is 4.89. The number of rotatable bonds is 2. The molecular weight excluding hydrogens is 296 g/mol. The molecule has 0 radical (unpaired) electrons. The lowest BCUT2D eigenvalue weighted by Gasteiger charge is -2.57. The van der Waals surface area contributed by atoms with Crippen molar-refractivity contribution in [2.24, 2.45) is 34.5 Å². The summed E-state index contributed by atoms with van der Waals surface area (Å²) in [6.45, 7) is 6.85. The van der Waals surface area contributed by atoms with Crippen LogP contribution in [-0.2, 0) is 9.59 Å². The molecule has 4 aliphatic rings. The summed E-state index contributed by atoms with van der Waals surface area (Å²) in [4.78, 5) is 24.6. The van der Waals surface area contributed by atoms with Crippen molar-refractivity contribution in [1.82, 2.24) is 0 Å². The predicted molar refractivity (Wildman–Crippen MR) is 95.4 cm³/mol. The maximum Gasteiger partial charge on any atom is 0.178 e. The number of fused-ring (bicyclic) bond motifs is 5. The molecule has 4 rings (SSSR count). The molecule has 6 atom stereocenters. The van der Waals surface area contributed by atoms with E-state index in [-0.39, 0.29) is 16.6 Å². The average Bonchev–Trinajstić information content (AvgIpc) is 2.85. The summed E-state index contributed by atoms with van der Waals surface area (Å²) in [5.74, 6) is 3.01. The molecule has 0 N–H and O–H groups in total. The molecule has 24 heavy (non-hydrogen) atoms. The molecule has 0 aliphatic heterocycles. The van der Waals surface area contributed by atoms with Crippen LogP contribution < -0.4 is 0 Å². The van der Waals surface area contributed by atoms with Crippen LogP contribution in [0.4, 0.5) is 0 Å². The van der Waals surface area contributed by atoms with Gasteiger partial charge in [-0.05, 0) is 67.9 Å². The highest BCUT2D eigenvalue weighted by atomic mass is 16.1. The number of allylic oxidation sites excluding steroid dienone is 4. The molecule has 0 saturated heterocycles. The van der Waals surface area contributed by atoms with E-state index >= 15 is 0 Å². The molecule has 130 valence electrons. The summed E-state index contributed by atoms with van der Waals surface area (Å²) in [7, 11) is 0. The van der Waals surface area contributed by atoms with E-state index in [1.54, 1.807) is 6.08 Å². The molecule has 2 nitrogen and oxygen atoms in total. The highest BCUT2D eigenvalue weighted by Gasteiger charge is 2.59. The average molecular weight is 326 g/mol. The Bertz CT molecular complexity index is 642. The number of carbonyl (C=O) groups is 2. The number of hydrogen-bond acceptors (Lipinski definition) is 2. The second kappa shape index (κ2) is 5.41. The Kier molecular flexibility index (Phi) is 3.67. The summed E-state index contributed by atoms with van der Waals surface area (Å²) < 4.78 is 0. The van der Waals surface area contributed by atoms with Crippen LogP contribution in [0.1, 0.15) is 65.7 Å². The van der Waals surface area contributed by atoms with E-state index in [0.29, 0.717) is 29.5 Å². The van der Waals surface area contributed by atoms with Crippen LogP contribution in [0.2, 0.25) is 0 Å². The molecule has 0 heterocycles. The van der Waals surface area contributed by atoms with Crippen molar-refractivity contribution >= 4 is 11.6 Å². The van der Waals surface area contributed by atoms with Gasteiger partial charge in [0.1, 0.15) is 5.78 Å². The smallest absolute Gasteiger partial charge is 0.178 e. The molecule has 0 amide bonds. The third-order valence-electron chi connectivity index (χ3n) is 8.06. The van der Waals surface area contributed by atoms with E-state index in [1.165, 1.54) is 18.4 Å². The van der Waals surface area contributed by atoms with E-state index < -0.39 is 0 Å². The van der Waals surface area contributed by atoms with Gasteiger partial charge in [0.2, 0.25) is 0 Å². The van der Waals surface area contributed by atoms with Crippen molar-refractivity contribution in [2.75, 3.05) is 0 Å². The van der Waals surface area contributed by atoms with Gasteiger partial charge in [-0.15, -0.1) is 0 Å². The molecule has 0 bridgehead atoms. The normalized spacial score (nSPS) is 47.0. The van der Waals surface area contributed by atoms with E-state index in [2.05, 4.69) is 26.8 Å². The Labute approximate surface area is 145 Å². The molecule has 2 heteroatoms. The molecule has 5 unspecified atom stereocenters. The monoisotopic (exact) mass is 326 g/mol. The highest BCUT2D eigenvalue weighted by Crippen LogP contribution is 2.65. The Balaban J connectivity index is 1.75. The SMILES string of the molecule is CCC[C@@H]1CC2C(CCC3(C)C(=O)CCC23)C2(C)C=CC(=O)C=C12. The molecule has 0 aromatic carbocycles. The van der Waals surface area contributed by atoms with Gasteiger partial charge in [0.25, 0.3) is 0 Å². The van der Waals surface area contributed by atoms with Gasteiger partial charge in [-0.2, -0.15) is 0 Å². The van der Waals surface area contributed by atoms with Crippen molar-refractivity contribution in [2.45, 2.75) is 65.7 Å². The summed E-state index contributed by atoms with van der Waals surface area (Å²) in [5.41, 5.74) is 1.36. The molecule has 0 aromatic heterocycles. The van der Waals surface area contributed by atoms with Gasteiger partial charge in [0.15, 0.2) is 5.78 Å². The largest absolute Gasteiger partial charge is 0.299 e. The first kappa shape index (κ1) is 16.3. The van der Waals surface area contributed by atoms with Crippen LogP contribution in [0.15, 0.2) is 23.8 Å². The number of ketones is 2. The molecule has 0 spiro atoms. The minimum atomic E-state index is -0.0658. The van der Waals surface area contributed by atoms with Gasteiger partial charge in [-0.25, -0.2) is 0 Å². The highest BCUT2D eigenvalue weighted by molar-refractivity contribution is 6.01. The van der Waals surface area contributed by atoms with Gasteiger partial charge in [0, 0.05) is 17.3 Å². The van der Waals surface area contributed by atoms with Gasteiger partial charge >= 0.3 is 0 Å². The summed E-state index contributed by atoms with van der Waals surface area (Å²) in [5, 5.41) is 0. The molecule has 0 aromatic rings. The van der Waals surface area contributed by atoms with Gasteiger partial charge in [0.05, 0.1) is 0 Å². The quantitative estimate of drug-likeness (QED) is 0.724. The maximum absolute atomic E-state index is 12.5. The lowest BCUT2D eigenvalue weighted by Crippen LogP contribution is -2.51. The zero-order valence-corrected chi connectivity index (χ0v) is 15.3. The summed E-state index contributed by atoms with van der Waals surface area (Å²) in [6.07, 6.45) is 13.5. The fourth-order valence-electron chi connectivity index (χ4n) is 6.81. The molecule has 4 aliphatic carbocycles. The van der Waals surface area contributed by atoms with Crippen molar-refractivity contribution in [3.8, 4) is 0 Å². The lowest BCUT2D eigenvalue weighted by atomic mass is 9.46. The summed E-state index contributed by atoms with van der Waals surface area (Å²) >= 11 is 0. The second-order valence-electron chi connectivity index (χ2n) is 9.13. The van der Waals surface area contributed by atoms with Gasteiger partial charge < -0.3 is 0 Å². The van der Waals surface area contributed by atoms with Crippen LogP contribution in [0, 0.1) is 34.5 Å². The van der Waals surface area contributed by atoms with Crippen molar-refractivity contribution in [1.29, 1.82) is 0 Å². The zero-order chi connectivity index (χ0) is 17.1. The fraction of sp³-hybridized carbons (Fsp3) is 0.727. The first-order valence-electron chi connectivity index (χ1n) is 9.88. The van der Waals surface area contributed by atoms with Crippen LogP contribution >= 0.6 is 0 Å². The van der Waals surface area contributed by atoms with Gasteiger partial charge in [-0.1, -0.05) is 38.8 Å². The molecular formula is C22H30O2. The summed E-state index contributed by atoms with van der Waals surface area (Å²) in [6, 6.07) is 0. The number of Topliss-reactive ketones (excluding diaryl/α,β-unsaturated/α-hetero) is 1.